The molecule has 6 nitrogen and oxygen atoms in total. The van der Waals surface area contributed by atoms with E-state index in [1.807, 2.05) is 86.6 Å². The largest absolute Gasteiger partial charge is 0.325 e. The van der Waals surface area contributed by atoms with E-state index in [1.165, 1.54) is 11.8 Å². The molecule has 5 rings (SSSR count). The van der Waals surface area contributed by atoms with Crippen molar-refractivity contribution in [1.29, 1.82) is 0 Å². The molecule has 0 fully saturated rings. The van der Waals surface area contributed by atoms with Gasteiger partial charge in [-0.2, -0.15) is 0 Å². The summed E-state index contributed by atoms with van der Waals surface area (Å²) in [5.41, 5.74) is 5.57. The van der Waals surface area contributed by atoms with Gasteiger partial charge >= 0.3 is 0 Å². The predicted octanol–water partition coefficient (Wildman–Crippen LogP) is 4.88. The van der Waals surface area contributed by atoms with Crippen LogP contribution in [0, 0.1) is 13.8 Å². The summed E-state index contributed by atoms with van der Waals surface area (Å²) in [6, 6.07) is 22.9. The molecule has 2 heterocycles. The first kappa shape index (κ1) is 22.1. The number of fused-ring (bicyclic) bond motifs is 3. The zero-order valence-electron chi connectivity index (χ0n) is 19.0. The van der Waals surface area contributed by atoms with Crippen molar-refractivity contribution in [2.45, 2.75) is 26.3 Å². The summed E-state index contributed by atoms with van der Waals surface area (Å²) in [7, 11) is 0. The molecule has 3 aromatic rings. The Morgan fingerprint density at radius 1 is 1.03 bits per heavy atom. The average Bonchev–Trinajstić information content (AvgIpc) is 3.16. The molecule has 2 aliphatic rings. The van der Waals surface area contributed by atoms with Crippen molar-refractivity contribution in [1.82, 2.24) is 4.90 Å². The number of nitrogens with one attached hydrogen (secondary N) is 1. The fourth-order valence-electron chi connectivity index (χ4n) is 4.14. The number of hydrogen-bond donors (Lipinski definition) is 1. The standard InChI is InChI=1S/C27H24N4O2S/c1-17-12-13-21(18(2)14-17)28-24(32)16-34-27-30-22-11-7-6-10-20(22)25-29-23(26(33)31(25)27)15-19-8-4-3-5-9-19/h3-14,23H,15-16H2,1-2H3,(H,28,32)/t23-/m0/s1. The highest BCUT2D eigenvalue weighted by molar-refractivity contribution is 8.14. The number of carbonyl (C=O) groups is 2. The number of aliphatic imine (C=N–C) groups is 2. The predicted molar refractivity (Wildman–Crippen MR) is 138 cm³/mol. The quantitative estimate of drug-likeness (QED) is 0.580. The van der Waals surface area contributed by atoms with Gasteiger partial charge in [0.1, 0.15) is 11.9 Å². The van der Waals surface area contributed by atoms with E-state index in [2.05, 4.69) is 5.32 Å². The Hall–Kier alpha value is -3.71. The van der Waals surface area contributed by atoms with E-state index in [-0.39, 0.29) is 17.6 Å². The second-order valence-corrected chi connectivity index (χ2v) is 9.34. The highest BCUT2D eigenvalue weighted by Crippen LogP contribution is 2.34. The number of aryl methyl sites for hydroxylation is 2. The van der Waals surface area contributed by atoms with Crippen LogP contribution in [0.2, 0.25) is 0 Å². The second-order valence-electron chi connectivity index (χ2n) is 8.40. The van der Waals surface area contributed by atoms with E-state index in [1.54, 1.807) is 4.90 Å². The molecule has 0 radical (unpaired) electrons. The molecular weight excluding hydrogens is 444 g/mol. The van der Waals surface area contributed by atoms with Crippen molar-refractivity contribution in [2.75, 3.05) is 11.1 Å². The minimum Gasteiger partial charge on any atom is -0.325 e. The van der Waals surface area contributed by atoms with E-state index < -0.39 is 6.04 Å². The van der Waals surface area contributed by atoms with Crippen LogP contribution in [0.4, 0.5) is 11.4 Å². The van der Waals surface area contributed by atoms with Crippen LogP contribution < -0.4 is 5.32 Å². The molecule has 0 unspecified atom stereocenters. The molecule has 7 heteroatoms. The molecule has 0 bridgehead atoms. The van der Waals surface area contributed by atoms with Gasteiger partial charge in [0.05, 0.1) is 11.4 Å². The molecule has 0 saturated carbocycles. The lowest BCUT2D eigenvalue weighted by molar-refractivity contribution is -0.124. The van der Waals surface area contributed by atoms with Gasteiger partial charge in [-0.1, -0.05) is 71.9 Å². The number of anilines is 1. The zero-order valence-corrected chi connectivity index (χ0v) is 19.8. The van der Waals surface area contributed by atoms with Crippen LogP contribution >= 0.6 is 11.8 Å². The number of para-hydroxylation sites is 1. The van der Waals surface area contributed by atoms with Crippen molar-refractivity contribution < 1.29 is 9.59 Å². The van der Waals surface area contributed by atoms with Crippen LogP contribution in [0.15, 0.2) is 82.8 Å². The number of hydrogen-bond acceptors (Lipinski definition) is 5. The first-order valence-electron chi connectivity index (χ1n) is 11.1. The Morgan fingerprint density at radius 2 is 1.79 bits per heavy atom. The van der Waals surface area contributed by atoms with Gasteiger partial charge in [-0.15, -0.1) is 0 Å². The number of benzene rings is 3. The van der Waals surface area contributed by atoms with Crippen LogP contribution in [0.3, 0.4) is 0 Å². The van der Waals surface area contributed by atoms with E-state index in [9.17, 15) is 9.59 Å². The summed E-state index contributed by atoms with van der Waals surface area (Å²) in [6.07, 6.45) is 0.521. The Balaban J connectivity index is 1.36. The summed E-state index contributed by atoms with van der Waals surface area (Å²) in [5, 5.41) is 3.44. The average molecular weight is 469 g/mol. The summed E-state index contributed by atoms with van der Waals surface area (Å²) in [6.45, 7) is 3.99. The van der Waals surface area contributed by atoms with Crippen molar-refractivity contribution in [2.24, 2.45) is 9.98 Å². The Kier molecular flexibility index (Phi) is 6.02. The highest BCUT2D eigenvalue weighted by Gasteiger charge is 2.41. The van der Waals surface area contributed by atoms with Crippen LogP contribution in [0.5, 0.6) is 0 Å². The van der Waals surface area contributed by atoms with Gasteiger partial charge in [0, 0.05) is 17.7 Å². The fraction of sp³-hybridized carbons (Fsp3) is 0.185. The third-order valence-corrected chi connectivity index (χ3v) is 6.75. The summed E-state index contributed by atoms with van der Waals surface area (Å²) in [5.74, 6) is 0.474. The van der Waals surface area contributed by atoms with Gasteiger partial charge in [-0.3, -0.25) is 14.6 Å². The van der Waals surface area contributed by atoms with Gasteiger partial charge in [0.2, 0.25) is 5.91 Å². The first-order valence-corrected chi connectivity index (χ1v) is 12.1. The lowest BCUT2D eigenvalue weighted by Crippen LogP contribution is -2.41. The minimum atomic E-state index is -0.515. The minimum absolute atomic E-state index is 0.116. The topological polar surface area (TPSA) is 74.1 Å². The molecular formula is C27H24N4O2S. The number of amides is 2. The van der Waals surface area contributed by atoms with Crippen molar-refractivity contribution in [3.8, 4) is 0 Å². The Morgan fingerprint density at radius 3 is 2.59 bits per heavy atom. The van der Waals surface area contributed by atoms with E-state index >= 15 is 0 Å². The molecule has 1 N–H and O–H groups in total. The Bertz CT molecular complexity index is 1330. The Labute approximate surface area is 202 Å². The number of carbonyl (C=O) groups excluding carboxylic acids is 2. The van der Waals surface area contributed by atoms with Gasteiger partial charge in [-0.25, -0.2) is 9.89 Å². The van der Waals surface area contributed by atoms with Gasteiger partial charge in [0.25, 0.3) is 5.91 Å². The summed E-state index contributed by atoms with van der Waals surface area (Å²) in [4.78, 5) is 37.2. The molecule has 0 spiro atoms. The SMILES string of the molecule is Cc1ccc(NC(=O)CSC2=Nc3ccccc3C3=N[C@@H](Cc4ccccc4)C(=O)N23)c(C)c1. The van der Waals surface area contributed by atoms with Gasteiger partial charge < -0.3 is 5.32 Å². The first-order chi connectivity index (χ1) is 16.5. The maximum atomic E-state index is 13.4. The third kappa shape index (κ3) is 4.39. The molecule has 34 heavy (non-hydrogen) atoms. The molecule has 170 valence electrons. The van der Waals surface area contributed by atoms with E-state index in [0.717, 1.165) is 33.6 Å². The summed E-state index contributed by atoms with van der Waals surface area (Å²) >= 11 is 1.25. The molecule has 0 aromatic heterocycles. The van der Waals surface area contributed by atoms with Gasteiger partial charge in [0.15, 0.2) is 5.17 Å². The monoisotopic (exact) mass is 468 g/mol. The van der Waals surface area contributed by atoms with Gasteiger partial charge in [-0.05, 0) is 43.2 Å². The lowest BCUT2D eigenvalue weighted by Gasteiger charge is -2.25. The fourth-order valence-corrected chi connectivity index (χ4v) is 4.94. The molecule has 0 saturated heterocycles. The molecule has 2 amide bonds. The molecule has 0 aliphatic carbocycles. The zero-order chi connectivity index (χ0) is 23.7. The van der Waals surface area contributed by atoms with Crippen LogP contribution in [0.1, 0.15) is 22.3 Å². The van der Waals surface area contributed by atoms with Crippen molar-refractivity contribution in [3.05, 3.63) is 95.1 Å². The van der Waals surface area contributed by atoms with Crippen molar-refractivity contribution in [3.63, 3.8) is 0 Å². The van der Waals surface area contributed by atoms with Crippen molar-refractivity contribution >= 4 is 46.0 Å². The normalized spacial score (nSPS) is 16.5. The second kappa shape index (κ2) is 9.27. The van der Waals surface area contributed by atoms with E-state index in [0.29, 0.717) is 17.4 Å². The maximum absolute atomic E-state index is 13.4. The molecule has 3 aromatic carbocycles. The number of rotatable bonds is 5. The van der Waals surface area contributed by atoms with Crippen LogP contribution in [-0.4, -0.2) is 39.5 Å². The summed E-state index contributed by atoms with van der Waals surface area (Å²) < 4.78 is 0. The van der Waals surface area contributed by atoms with Crippen LogP contribution in [0.25, 0.3) is 0 Å². The lowest BCUT2D eigenvalue weighted by atomic mass is 10.1. The molecule has 2 aliphatic heterocycles. The molecule has 1 atom stereocenters. The number of nitrogens with zero attached hydrogens (tertiary/aromatic N) is 3. The smallest absolute Gasteiger partial charge is 0.259 e. The number of amidine groups is 2. The maximum Gasteiger partial charge on any atom is 0.259 e. The third-order valence-electron chi connectivity index (χ3n) is 5.81. The van der Waals surface area contributed by atoms with Crippen LogP contribution in [-0.2, 0) is 16.0 Å². The number of thioether (sulfide) groups is 1. The highest BCUT2D eigenvalue weighted by atomic mass is 32.2. The van der Waals surface area contributed by atoms with E-state index in [4.69, 9.17) is 9.98 Å².